The van der Waals surface area contributed by atoms with Crippen LogP contribution in [0, 0.1) is 0 Å². The normalized spacial score (nSPS) is 27.7. The third kappa shape index (κ3) is 3.07. The van der Waals surface area contributed by atoms with Crippen molar-refractivity contribution in [3.63, 3.8) is 0 Å². The van der Waals surface area contributed by atoms with Crippen molar-refractivity contribution in [1.82, 2.24) is 10.6 Å². The largest absolute Gasteiger partial charge is 0.369 e. The van der Waals surface area contributed by atoms with E-state index in [4.69, 9.17) is 0 Å². The summed E-state index contributed by atoms with van der Waals surface area (Å²) < 4.78 is 0. The molecule has 0 spiro atoms. The first-order valence-electron chi connectivity index (χ1n) is 7.79. The highest BCUT2D eigenvalue weighted by Crippen LogP contribution is 2.22. The van der Waals surface area contributed by atoms with Gasteiger partial charge in [0.15, 0.2) is 0 Å². The third-order valence-corrected chi connectivity index (χ3v) is 4.32. The van der Waals surface area contributed by atoms with Crippen LogP contribution in [0.1, 0.15) is 13.8 Å². The predicted octanol–water partition coefficient (Wildman–Crippen LogP) is 1.28. The van der Waals surface area contributed by atoms with Crippen molar-refractivity contribution in [2.24, 2.45) is 0 Å². The summed E-state index contributed by atoms with van der Waals surface area (Å²) in [6.07, 6.45) is 0. The monoisotopic (exact) mass is 274 g/mol. The van der Waals surface area contributed by atoms with Gasteiger partial charge in [0, 0.05) is 62.7 Å². The maximum atomic E-state index is 3.49. The van der Waals surface area contributed by atoms with E-state index in [9.17, 15) is 0 Å². The van der Waals surface area contributed by atoms with Gasteiger partial charge < -0.3 is 20.4 Å². The molecule has 4 nitrogen and oxygen atoms in total. The Bertz CT molecular complexity index is 390. The van der Waals surface area contributed by atoms with Gasteiger partial charge in [-0.15, -0.1) is 0 Å². The van der Waals surface area contributed by atoms with Crippen LogP contribution in [0.25, 0.3) is 0 Å². The number of hydrogen-bond donors (Lipinski definition) is 2. The van der Waals surface area contributed by atoms with E-state index in [0.29, 0.717) is 12.1 Å². The molecule has 0 saturated carbocycles. The molecule has 2 saturated heterocycles. The number of hydrogen-bond acceptors (Lipinski definition) is 4. The fourth-order valence-corrected chi connectivity index (χ4v) is 3.21. The summed E-state index contributed by atoms with van der Waals surface area (Å²) in [5.41, 5.74) is 2.70. The van der Waals surface area contributed by atoms with Gasteiger partial charge >= 0.3 is 0 Å². The van der Waals surface area contributed by atoms with Crippen LogP contribution < -0.4 is 20.4 Å². The van der Waals surface area contributed by atoms with Crippen LogP contribution in [-0.4, -0.2) is 51.4 Å². The zero-order valence-electron chi connectivity index (χ0n) is 12.6. The predicted molar refractivity (Wildman–Crippen MR) is 85.8 cm³/mol. The number of rotatable bonds is 2. The maximum absolute atomic E-state index is 3.49. The SMILES string of the molecule is CC1CN(c2ccc(N3CCNC(C)C3)cc2)CCN1. The highest BCUT2D eigenvalue weighted by atomic mass is 15.2. The lowest BCUT2D eigenvalue weighted by Crippen LogP contribution is -2.49. The summed E-state index contributed by atoms with van der Waals surface area (Å²) in [7, 11) is 0. The Balaban J connectivity index is 1.67. The second-order valence-corrected chi connectivity index (χ2v) is 6.12. The van der Waals surface area contributed by atoms with Crippen LogP contribution in [0.15, 0.2) is 24.3 Å². The topological polar surface area (TPSA) is 30.5 Å². The van der Waals surface area contributed by atoms with Crippen LogP contribution in [-0.2, 0) is 0 Å². The molecule has 1 aromatic rings. The van der Waals surface area contributed by atoms with Crippen molar-refractivity contribution in [2.45, 2.75) is 25.9 Å². The molecule has 20 heavy (non-hydrogen) atoms. The Hall–Kier alpha value is -1.26. The average molecular weight is 274 g/mol. The van der Waals surface area contributed by atoms with Crippen LogP contribution >= 0.6 is 0 Å². The van der Waals surface area contributed by atoms with Crippen molar-refractivity contribution in [1.29, 1.82) is 0 Å². The number of anilines is 2. The summed E-state index contributed by atoms with van der Waals surface area (Å²) in [5.74, 6) is 0. The van der Waals surface area contributed by atoms with E-state index in [1.807, 2.05) is 0 Å². The smallest absolute Gasteiger partial charge is 0.0368 e. The second-order valence-electron chi connectivity index (χ2n) is 6.12. The first-order chi connectivity index (χ1) is 9.72. The highest BCUT2D eigenvalue weighted by Gasteiger charge is 2.18. The van der Waals surface area contributed by atoms with Gasteiger partial charge in [-0.25, -0.2) is 0 Å². The van der Waals surface area contributed by atoms with E-state index >= 15 is 0 Å². The van der Waals surface area contributed by atoms with Gasteiger partial charge in [-0.05, 0) is 38.1 Å². The molecule has 2 heterocycles. The Labute approximate surface area is 122 Å². The number of nitrogens with one attached hydrogen (secondary N) is 2. The highest BCUT2D eigenvalue weighted by molar-refractivity contribution is 5.57. The zero-order chi connectivity index (χ0) is 13.9. The van der Waals surface area contributed by atoms with Crippen LogP contribution in [0.5, 0.6) is 0 Å². The van der Waals surface area contributed by atoms with E-state index in [0.717, 1.165) is 39.3 Å². The molecule has 0 aromatic heterocycles. The summed E-state index contributed by atoms with van der Waals surface area (Å²) in [5, 5.41) is 6.99. The molecule has 0 aliphatic carbocycles. The van der Waals surface area contributed by atoms with E-state index in [-0.39, 0.29) is 0 Å². The number of piperazine rings is 2. The first kappa shape index (κ1) is 13.7. The summed E-state index contributed by atoms with van der Waals surface area (Å²) in [6.45, 7) is 11.1. The van der Waals surface area contributed by atoms with Gasteiger partial charge in [0.25, 0.3) is 0 Å². The zero-order valence-corrected chi connectivity index (χ0v) is 12.6. The van der Waals surface area contributed by atoms with Crippen molar-refractivity contribution < 1.29 is 0 Å². The molecule has 2 aliphatic heterocycles. The minimum atomic E-state index is 0.581. The van der Waals surface area contributed by atoms with E-state index in [1.165, 1.54) is 11.4 Å². The lowest BCUT2D eigenvalue weighted by Gasteiger charge is -2.35. The van der Waals surface area contributed by atoms with Crippen molar-refractivity contribution in [3.8, 4) is 0 Å². The fraction of sp³-hybridized carbons (Fsp3) is 0.625. The molecule has 4 heteroatoms. The Morgan fingerprint density at radius 1 is 0.800 bits per heavy atom. The third-order valence-electron chi connectivity index (χ3n) is 4.32. The molecule has 110 valence electrons. The van der Waals surface area contributed by atoms with Crippen LogP contribution in [0.3, 0.4) is 0 Å². The Morgan fingerprint density at radius 2 is 1.20 bits per heavy atom. The number of nitrogens with zero attached hydrogens (tertiary/aromatic N) is 2. The quantitative estimate of drug-likeness (QED) is 0.850. The molecular weight excluding hydrogens is 248 g/mol. The molecule has 2 aliphatic rings. The molecule has 2 fully saturated rings. The van der Waals surface area contributed by atoms with Crippen molar-refractivity contribution >= 4 is 11.4 Å². The lowest BCUT2D eigenvalue weighted by atomic mass is 10.1. The summed E-state index contributed by atoms with van der Waals surface area (Å²) in [6, 6.07) is 10.3. The van der Waals surface area contributed by atoms with E-state index in [2.05, 4.69) is 58.5 Å². The van der Waals surface area contributed by atoms with Gasteiger partial charge in [0.2, 0.25) is 0 Å². The number of benzene rings is 1. The molecule has 0 bridgehead atoms. The minimum Gasteiger partial charge on any atom is -0.369 e. The summed E-state index contributed by atoms with van der Waals surface area (Å²) in [4.78, 5) is 4.96. The van der Waals surface area contributed by atoms with Gasteiger partial charge in [-0.1, -0.05) is 0 Å². The van der Waals surface area contributed by atoms with Crippen molar-refractivity contribution in [2.75, 3.05) is 49.1 Å². The molecule has 1 aromatic carbocycles. The molecule has 2 unspecified atom stereocenters. The van der Waals surface area contributed by atoms with E-state index < -0.39 is 0 Å². The molecule has 2 N–H and O–H groups in total. The van der Waals surface area contributed by atoms with Crippen LogP contribution in [0.2, 0.25) is 0 Å². The Morgan fingerprint density at radius 3 is 1.55 bits per heavy atom. The molecule has 0 amide bonds. The second kappa shape index (κ2) is 6.02. The average Bonchev–Trinajstić information content (AvgIpc) is 2.47. The van der Waals surface area contributed by atoms with Gasteiger partial charge in [-0.2, -0.15) is 0 Å². The van der Waals surface area contributed by atoms with Gasteiger partial charge in [-0.3, -0.25) is 0 Å². The van der Waals surface area contributed by atoms with Gasteiger partial charge in [0.05, 0.1) is 0 Å². The molecule has 2 atom stereocenters. The van der Waals surface area contributed by atoms with Gasteiger partial charge in [0.1, 0.15) is 0 Å². The summed E-state index contributed by atoms with van der Waals surface area (Å²) >= 11 is 0. The minimum absolute atomic E-state index is 0.581. The fourth-order valence-electron chi connectivity index (χ4n) is 3.21. The first-order valence-corrected chi connectivity index (χ1v) is 7.79. The standard InChI is InChI=1S/C16H26N4/c1-13-11-19(9-7-17-13)15-3-5-16(6-4-15)20-10-8-18-14(2)12-20/h3-6,13-14,17-18H,7-12H2,1-2H3. The van der Waals surface area contributed by atoms with Crippen molar-refractivity contribution in [3.05, 3.63) is 24.3 Å². The Kier molecular flexibility index (Phi) is 4.13. The lowest BCUT2D eigenvalue weighted by molar-refractivity contribution is 0.483. The van der Waals surface area contributed by atoms with Crippen LogP contribution in [0.4, 0.5) is 11.4 Å². The molecule has 0 radical (unpaired) electrons. The maximum Gasteiger partial charge on any atom is 0.0368 e. The van der Waals surface area contributed by atoms with E-state index in [1.54, 1.807) is 0 Å². The molecular formula is C16H26N4. The molecule has 3 rings (SSSR count).